The van der Waals surface area contributed by atoms with Crippen LogP contribution in [0.3, 0.4) is 0 Å². The monoisotopic (exact) mass is 252 g/mol. The highest BCUT2D eigenvalue weighted by molar-refractivity contribution is 7.10. The van der Waals surface area contributed by atoms with E-state index >= 15 is 0 Å². The van der Waals surface area contributed by atoms with Crippen LogP contribution < -0.4 is 11.3 Å². The van der Waals surface area contributed by atoms with E-state index in [1.54, 1.807) is 11.3 Å². The van der Waals surface area contributed by atoms with Crippen LogP contribution in [0.2, 0.25) is 5.02 Å². The minimum atomic E-state index is 0.0391. The molecule has 0 saturated carbocycles. The Morgan fingerprint density at radius 1 is 1.38 bits per heavy atom. The van der Waals surface area contributed by atoms with Crippen molar-refractivity contribution >= 4 is 22.9 Å². The van der Waals surface area contributed by atoms with Crippen LogP contribution in [-0.4, -0.2) is 0 Å². The SMILES string of the molecule is Cc1cc(Cl)ccc1C(NN)c1cccs1. The lowest BCUT2D eigenvalue weighted by Crippen LogP contribution is -2.28. The standard InChI is InChI=1S/C12H13ClN2S/c1-8-7-9(13)4-5-10(8)12(15-14)11-3-2-6-16-11/h2-7,12,15H,14H2,1H3. The van der Waals surface area contributed by atoms with Gasteiger partial charge in [-0.05, 0) is 41.6 Å². The molecule has 0 bridgehead atoms. The van der Waals surface area contributed by atoms with Gasteiger partial charge in [-0.3, -0.25) is 5.84 Å². The Hall–Kier alpha value is -0.870. The molecule has 4 heteroatoms. The first-order valence-electron chi connectivity index (χ1n) is 4.98. The fourth-order valence-electron chi connectivity index (χ4n) is 1.74. The number of rotatable bonds is 3. The molecule has 84 valence electrons. The summed E-state index contributed by atoms with van der Waals surface area (Å²) < 4.78 is 0. The average Bonchev–Trinajstić information content (AvgIpc) is 2.75. The van der Waals surface area contributed by atoms with Crippen LogP contribution in [0, 0.1) is 6.92 Å². The molecule has 0 aliphatic rings. The zero-order valence-electron chi connectivity index (χ0n) is 8.91. The highest BCUT2D eigenvalue weighted by atomic mass is 35.5. The molecule has 1 unspecified atom stereocenters. The molecular formula is C12H13ClN2S. The maximum atomic E-state index is 5.94. The van der Waals surface area contributed by atoms with Gasteiger partial charge in [0.15, 0.2) is 0 Å². The number of hydrazine groups is 1. The molecule has 0 fully saturated rings. The number of thiophene rings is 1. The highest BCUT2D eigenvalue weighted by Crippen LogP contribution is 2.28. The summed E-state index contributed by atoms with van der Waals surface area (Å²) in [6, 6.07) is 9.99. The molecule has 3 N–H and O–H groups in total. The number of hydrogen-bond donors (Lipinski definition) is 2. The lowest BCUT2D eigenvalue weighted by atomic mass is 10.0. The summed E-state index contributed by atoms with van der Waals surface area (Å²) in [5, 5.41) is 2.80. The van der Waals surface area contributed by atoms with Crippen LogP contribution in [0.5, 0.6) is 0 Å². The normalized spacial score (nSPS) is 12.7. The van der Waals surface area contributed by atoms with Crippen LogP contribution in [0.25, 0.3) is 0 Å². The third kappa shape index (κ3) is 2.28. The minimum absolute atomic E-state index is 0.0391. The van der Waals surface area contributed by atoms with Gasteiger partial charge in [0.05, 0.1) is 6.04 Å². The Morgan fingerprint density at radius 3 is 2.75 bits per heavy atom. The molecule has 16 heavy (non-hydrogen) atoms. The Kier molecular flexibility index (Phi) is 3.61. The second-order valence-corrected chi connectivity index (χ2v) is 5.03. The van der Waals surface area contributed by atoms with Crippen LogP contribution in [0.1, 0.15) is 22.0 Å². The van der Waals surface area contributed by atoms with Crippen LogP contribution in [-0.2, 0) is 0 Å². The van der Waals surface area contributed by atoms with E-state index < -0.39 is 0 Å². The summed E-state index contributed by atoms with van der Waals surface area (Å²) in [7, 11) is 0. The van der Waals surface area contributed by atoms with Crippen molar-refractivity contribution in [3.63, 3.8) is 0 Å². The Bertz CT molecular complexity index is 468. The van der Waals surface area contributed by atoms with E-state index in [1.807, 2.05) is 36.6 Å². The zero-order chi connectivity index (χ0) is 11.5. The predicted molar refractivity (Wildman–Crippen MR) is 69.7 cm³/mol. The van der Waals surface area contributed by atoms with Gasteiger partial charge in [0.2, 0.25) is 0 Å². The maximum absolute atomic E-state index is 5.94. The summed E-state index contributed by atoms with van der Waals surface area (Å²) in [5.74, 6) is 5.63. The molecule has 2 nitrogen and oxygen atoms in total. The van der Waals surface area contributed by atoms with E-state index in [9.17, 15) is 0 Å². The minimum Gasteiger partial charge on any atom is -0.271 e. The van der Waals surface area contributed by atoms with Crippen LogP contribution in [0.4, 0.5) is 0 Å². The molecule has 0 aliphatic carbocycles. The summed E-state index contributed by atoms with van der Waals surface area (Å²) in [6.45, 7) is 2.04. The zero-order valence-corrected chi connectivity index (χ0v) is 10.5. The van der Waals surface area contributed by atoms with E-state index in [0.717, 1.165) is 16.1 Å². The van der Waals surface area contributed by atoms with Gasteiger partial charge in [-0.1, -0.05) is 23.7 Å². The third-order valence-electron chi connectivity index (χ3n) is 2.54. The first kappa shape index (κ1) is 11.6. The van der Waals surface area contributed by atoms with E-state index in [0.29, 0.717) is 0 Å². The topological polar surface area (TPSA) is 38.0 Å². The van der Waals surface area contributed by atoms with Gasteiger partial charge in [0.25, 0.3) is 0 Å². The average molecular weight is 253 g/mol. The lowest BCUT2D eigenvalue weighted by Gasteiger charge is -2.17. The molecular weight excluding hydrogens is 240 g/mol. The van der Waals surface area contributed by atoms with Crippen molar-refractivity contribution in [3.05, 3.63) is 56.7 Å². The van der Waals surface area contributed by atoms with Crippen molar-refractivity contribution < 1.29 is 0 Å². The number of nitrogens with one attached hydrogen (secondary N) is 1. The maximum Gasteiger partial charge on any atom is 0.0805 e. The molecule has 1 heterocycles. The first-order chi connectivity index (χ1) is 7.72. The van der Waals surface area contributed by atoms with E-state index in [1.165, 1.54) is 4.88 Å². The van der Waals surface area contributed by atoms with Gasteiger partial charge in [-0.15, -0.1) is 11.3 Å². The van der Waals surface area contributed by atoms with Gasteiger partial charge < -0.3 is 0 Å². The first-order valence-corrected chi connectivity index (χ1v) is 6.23. The van der Waals surface area contributed by atoms with Gasteiger partial charge in [-0.25, -0.2) is 5.43 Å². The third-order valence-corrected chi connectivity index (χ3v) is 3.71. The quantitative estimate of drug-likeness (QED) is 0.650. The fraction of sp³-hybridized carbons (Fsp3) is 0.167. The second kappa shape index (κ2) is 4.97. The van der Waals surface area contributed by atoms with E-state index in [-0.39, 0.29) is 6.04 Å². The van der Waals surface area contributed by atoms with Crippen molar-refractivity contribution in [1.29, 1.82) is 0 Å². The molecule has 1 aromatic carbocycles. The summed E-state index contributed by atoms with van der Waals surface area (Å²) >= 11 is 7.63. The fourth-order valence-corrected chi connectivity index (χ4v) is 2.77. The molecule has 0 aliphatic heterocycles. The van der Waals surface area contributed by atoms with Gasteiger partial charge >= 0.3 is 0 Å². The Morgan fingerprint density at radius 2 is 2.19 bits per heavy atom. The second-order valence-electron chi connectivity index (χ2n) is 3.62. The summed E-state index contributed by atoms with van der Waals surface area (Å²) in [5.41, 5.74) is 5.15. The smallest absolute Gasteiger partial charge is 0.0805 e. The number of hydrogen-bond acceptors (Lipinski definition) is 3. The molecule has 0 radical (unpaired) electrons. The molecule has 2 aromatic rings. The summed E-state index contributed by atoms with van der Waals surface area (Å²) in [6.07, 6.45) is 0. The number of benzene rings is 1. The Balaban J connectivity index is 2.41. The van der Waals surface area contributed by atoms with Crippen molar-refractivity contribution in [2.45, 2.75) is 13.0 Å². The molecule has 1 atom stereocenters. The Labute approximate surface area is 104 Å². The molecule has 0 saturated heterocycles. The van der Waals surface area contributed by atoms with Gasteiger partial charge in [-0.2, -0.15) is 0 Å². The predicted octanol–water partition coefficient (Wildman–Crippen LogP) is 3.26. The molecule has 2 rings (SSSR count). The lowest BCUT2D eigenvalue weighted by molar-refractivity contribution is 0.643. The van der Waals surface area contributed by atoms with Crippen molar-refractivity contribution in [1.82, 2.24) is 5.43 Å². The van der Waals surface area contributed by atoms with Crippen LogP contribution >= 0.6 is 22.9 Å². The van der Waals surface area contributed by atoms with E-state index in [4.69, 9.17) is 17.4 Å². The van der Waals surface area contributed by atoms with Gasteiger partial charge in [0, 0.05) is 9.90 Å². The molecule has 1 aromatic heterocycles. The summed E-state index contributed by atoms with van der Waals surface area (Å²) in [4.78, 5) is 1.20. The number of nitrogens with two attached hydrogens (primary N) is 1. The van der Waals surface area contributed by atoms with E-state index in [2.05, 4.69) is 11.5 Å². The van der Waals surface area contributed by atoms with Crippen molar-refractivity contribution in [2.24, 2.45) is 5.84 Å². The largest absolute Gasteiger partial charge is 0.271 e. The molecule has 0 spiro atoms. The van der Waals surface area contributed by atoms with Gasteiger partial charge in [0.1, 0.15) is 0 Å². The highest BCUT2D eigenvalue weighted by Gasteiger charge is 2.15. The van der Waals surface area contributed by atoms with Crippen molar-refractivity contribution in [3.8, 4) is 0 Å². The number of halogens is 1. The number of aryl methyl sites for hydroxylation is 1. The van der Waals surface area contributed by atoms with Crippen molar-refractivity contribution in [2.75, 3.05) is 0 Å². The molecule has 0 amide bonds. The van der Waals surface area contributed by atoms with Crippen LogP contribution in [0.15, 0.2) is 35.7 Å².